The van der Waals surface area contributed by atoms with E-state index in [1.807, 2.05) is 58.0 Å². The first-order valence-electron chi connectivity index (χ1n) is 11.0. The normalized spacial score (nSPS) is 12.3. The minimum atomic E-state index is -0.463. The van der Waals surface area contributed by atoms with E-state index in [2.05, 4.69) is 36.5 Å². The maximum Gasteiger partial charge on any atom is 0.243 e. The Morgan fingerprint density at radius 3 is 2.29 bits per heavy atom. The first-order chi connectivity index (χ1) is 14.7. The van der Waals surface area contributed by atoms with Crippen molar-refractivity contribution in [1.29, 1.82) is 0 Å². The Morgan fingerprint density at radius 1 is 1.03 bits per heavy atom. The number of aryl methyl sites for hydroxylation is 1. The molecule has 0 saturated carbocycles. The Morgan fingerprint density at radius 2 is 1.68 bits per heavy atom. The van der Waals surface area contributed by atoms with Gasteiger partial charge in [0.1, 0.15) is 6.04 Å². The Kier molecular flexibility index (Phi) is 9.63. The second-order valence-corrected chi connectivity index (χ2v) is 9.89. The van der Waals surface area contributed by atoms with E-state index in [1.54, 1.807) is 16.7 Å². The lowest BCUT2D eigenvalue weighted by Crippen LogP contribution is -2.54. The Labute approximate surface area is 191 Å². The topological polar surface area (TPSA) is 49.4 Å². The molecule has 2 aromatic carbocycles. The minimum absolute atomic E-state index is 0.0189. The summed E-state index contributed by atoms with van der Waals surface area (Å²) in [5.74, 6) is 1.09. The van der Waals surface area contributed by atoms with Gasteiger partial charge in [-0.15, -0.1) is 11.8 Å². The van der Waals surface area contributed by atoms with Crippen LogP contribution in [0.2, 0.25) is 0 Å². The minimum Gasteiger partial charge on any atom is -0.350 e. The number of nitrogens with zero attached hydrogens (tertiary/aromatic N) is 1. The van der Waals surface area contributed by atoms with Crippen molar-refractivity contribution in [2.45, 2.75) is 64.8 Å². The van der Waals surface area contributed by atoms with Gasteiger partial charge in [0.25, 0.3) is 0 Å². The van der Waals surface area contributed by atoms with Crippen LogP contribution in [0.5, 0.6) is 0 Å². The van der Waals surface area contributed by atoms with Crippen molar-refractivity contribution in [3.8, 4) is 0 Å². The van der Waals surface area contributed by atoms with Crippen LogP contribution in [-0.2, 0) is 21.8 Å². The molecule has 0 heterocycles. The Balaban J connectivity index is 2.09. The molecule has 1 atom stereocenters. The largest absolute Gasteiger partial charge is 0.350 e. The molecule has 0 radical (unpaired) electrons. The lowest BCUT2D eigenvalue weighted by atomic mass is 10.1. The maximum absolute atomic E-state index is 13.2. The SMILES string of the molecule is CCC(C(=O)NC(C)(C)C)N(CCc1ccccc1)C(=O)CSCc1ccccc1C. The second-order valence-electron chi connectivity index (χ2n) is 8.91. The van der Waals surface area contributed by atoms with Crippen LogP contribution in [0.15, 0.2) is 54.6 Å². The first kappa shape index (κ1) is 25.0. The molecule has 0 aliphatic carbocycles. The summed E-state index contributed by atoms with van der Waals surface area (Å²) < 4.78 is 0. The second kappa shape index (κ2) is 11.9. The van der Waals surface area contributed by atoms with Crippen LogP contribution in [0.4, 0.5) is 0 Å². The fraction of sp³-hybridized carbons (Fsp3) is 0.462. The van der Waals surface area contributed by atoms with E-state index in [1.165, 1.54) is 16.7 Å². The zero-order valence-electron chi connectivity index (χ0n) is 19.5. The number of nitrogens with one attached hydrogen (secondary N) is 1. The number of rotatable bonds is 10. The van der Waals surface area contributed by atoms with Gasteiger partial charge in [-0.3, -0.25) is 9.59 Å². The summed E-state index contributed by atoms with van der Waals surface area (Å²) in [5, 5.41) is 3.05. The maximum atomic E-state index is 13.2. The first-order valence-corrected chi connectivity index (χ1v) is 12.1. The molecule has 0 fully saturated rings. The van der Waals surface area contributed by atoms with Gasteiger partial charge in [-0.1, -0.05) is 61.5 Å². The number of benzene rings is 2. The smallest absolute Gasteiger partial charge is 0.243 e. The molecule has 1 N–H and O–H groups in total. The molecule has 31 heavy (non-hydrogen) atoms. The van der Waals surface area contributed by atoms with Crippen LogP contribution in [-0.4, -0.2) is 40.6 Å². The summed E-state index contributed by atoms with van der Waals surface area (Å²) >= 11 is 1.61. The molecule has 0 bridgehead atoms. The van der Waals surface area contributed by atoms with Crippen LogP contribution < -0.4 is 5.32 Å². The van der Waals surface area contributed by atoms with Crippen molar-refractivity contribution < 1.29 is 9.59 Å². The number of amides is 2. The van der Waals surface area contributed by atoms with Gasteiger partial charge in [-0.25, -0.2) is 0 Å². The van der Waals surface area contributed by atoms with E-state index in [9.17, 15) is 9.59 Å². The van der Waals surface area contributed by atoms with E-state index in [0.29, 0.717) is 18.7 Å². The van der Waals surface area contributed by atoms with Crippen molar-refractivity contribution in [2.75, 3.05) is 12.3 Å². The predicted octanol–water partition coefficient (Wildman–Crippen LogP) is 4.99. The van der Waals surface area contributed by atoms with E-state index < -0.39 is 6.04 Å². The van der Waals surface area contributed by atoms with Crippen molar-refractivity contribution in [1.82, 2.24) is 10.2 Å². The molecule has 1 unspecified atom stereocenters. The fourth-order valence-electron chi connectivity index (χ4n) is 3.45. The van der Waals surface area contributed by atoms with E-state index in [-0.39, 0.29) is 17.4 Å². The van der Waals surface area contributed by atoms with Crippen molar-refractivity contribution >= 4 is 23.6 Å². The summed E-state index contributed by atoms with van der Waals surface area (Å²) in [6, 6.07) is 17.9. The highest BCUT2D eigenvalue weighted by Gasteiger charge is 2.30. The Bertz CT molecular complexity index is 846. The average Bonchev–Trinajstić information content (AvgIpc) is 2.71. The van der Waals surface area contributed by atoms with Gasteiger partial charge in [-0.2, -0.15) is 0 Å². The number of thioether (sulfide) groups is 1. The Hall–Kier alpha value is -2.27. The van der Waals surface area contributed by atoms with Gasteiger partial charge in [0, 0.05) is 17.8 Å². The van der Waals surface area contributed by atoms with Crippen LogP contribution in [0.25, 0.3) is 0 Å². The molecule has 0 aromatic heterocycles. The molecule has 2 rings (SSSR count). The quantitative estimate of drug-likeness (QED) is 0.566. The molecular formula is C26H36N2O2S. The summed E-state index contributed by atoms with van der Waals surface area (Å²) in [7, 11) is 0. The van der Waals surface area contributed by atoms with Crippen molar-refractivity contribution in [2.24, 2.45) is 0 Å². The third kappa shape index (κ3) is 8.41. The third-order valence-electron chi connectivity index (χ3n) is 5.11. The lowest BCUT2D eigenvalue weighted by Gasteiger charge is -2.33. The van der Waals surface area contributed by atoms with Gasteiger partial charge in [0.15, 0.2) is 0 Å². The van der Waals surface area contributed by atoms with E-state index in [4.69, 9.17) is 0 Å². The number of hydrogen-bond donors (Lipinski definition) is 1. The van der Waals surface area contributed by atoms with E-state index >= 15 is 0 Å². The lowest BCUT2D eigenvalue weighted by molar-refractivity contribution is -0.139. The standard InChI is InChI=1S/C26H36N2O2S/c1-6-23(25(30)27-26(3,4)5)28(17-16-21-13-8-7-9-14-21)24(29)19-31-18-22-15-11-10-12-20(22)2/h7-15,23H,6,16-19H2,1-5H3,(H,27,30). The summed E-state index contributed by atoms with van der Waals surface area (Å²) in [4.78, 5) is 28.0. The molecule has 4 nitrogen and oxygen atoms in total. The molecular weight excluding hydrogens is 404 g/mol. The molecule has 2 amide bonds. The van der Waals surface area contributed by atoms with Gasteiger partial charge in [-0.05, 0) is 57.2 Å². The molecule has 2 aromatic rings. The van der Waals surface area contributed by atoms with Gasteiger partial charge >= 0.3 is 0 Å². The van der Waals surface area contributed by atoms with Crippen molar-refractivity contribution in [3.63, 3.8) is 0 Å². The zero-order valence-corrected chi connectivity index (χ0v) is 20.3. The number of carbonyl (C=O) groups excluding carboxylic acids is 2. The molecule has 0 aliphatic rings. The highest BCUT2D eigenvalue weighted by molar-refractivity contribution is 7.99. The summed E-state index contributed by atoms with van der Waals surface area (Å²) in [6.45, 7) is 10.5. The van der Waals surface area contributed by atoms with Gasteiger partial charge < -0.3 is 10.2 Å². The van der Waals surface area contributed by atoms with Crippen LogP contribution in [0, 0.1) is 6.92 Å². The predicted molar refractivity (Wildman–Crippen MR) is 131 cm³/mol. The van der Waals surface area contributed by atoms with Crippen molar-refractivity contribution in [3.05, 3.63) is 71.3 Å². The number of hydrogen-bond acceptors (Lipinski definition) is 3. The number of carbonyl (C=O) groups is 2. The van der Waals surface area contributed by atoms with Gasteiger partial charge in [0.2, 0.25) is 11.8 Å². The van der Waals surface area contributed by atoms with Gasteiger partial charge in [0.05, 0.1) is 5.75 Å². The van der Waals surface area contributed by atoms with Crippen LogP contribution in [0.3, 0.4) is 0 Å². The molecule has 0 spiro atoms. The zero-order chi connectivity index (χ0) is 22.9. The monoisotopic (exact) mass is 440 g/mol. The third-order valence-corrected chi connectivity index (χ3v) is 6.08. The molecule has 0 saturated heterocycles. The molecule has 5 heteroatoms. The molecule has 168 valence electrons. The summed E-state index contributed by atoms with van der Waals surface area (Å²) in [5.41, 5.74) is 3.31. The van der Waals surface area contributed by atoms with E-state index in [0.717, 1.165) is 12.2 Å². The van der Waals surface area contributed by atoms with Crippen LogP contribution >= 0.6 is 11.8 Å². The fourth-order valence-corrected chi connectivity index (χ4v) is 4.44. The highest BCUT2D eigenvalue weighted by Crippen LogP contribution is 2.18. The highest BCUT2D eigenvalue weighted by atomic mass is 32.2. The molecule has 0 aliphatic heterocycles. The average molecular weight is 441 g/mol. The summed E-state index contributed by atoms with van der Waals surface area (Å²) in [6.07, 6.45) is 1.32. The van der Waals surface area contributed by atoms with Crippen LogP contribution in [0.1, 0.15) is 50.8 Å².